The predicted molar refractivity (Wildman–Crippen MR) is 77.6 cm³/mol. The zero-order valence-corrected chi connectivity index (χ0v) is 12.0. The molecule has 0 saturated carbocycles. The van der Waals surface area contributed by atoms with E-state index in [-0.39, 0.29) is 12.1 Å². The summed E-state index contributed by atoms with van der Waals surface area (Å²) in [4.78, 5) is 11.6. The van der Waals surface area contributed by atoms with Crippen molar-refractivity contribution in [3.63, 3.8) is 0 Å². The van der Waals surface area contributed by atoms with Crippen LogP contribution >= 0.6 is 0 Å². The van der Waals surface area contributed by atoms with Gasteiger partial charge in [-0.25, -0.2) is 4.79 Å². The van der Waals surface area contributed by atoms with Crippen molar-refractivity contribution in [1.82, 2.24) is 10.6 Å². The van der Waals surface area contributed by atoms with Crippen LogP contribution in [0.25, 0.3) is 0 Å². The largest absolute Gasteiger partial charge is 0.492 e. The topological polar surface area (TPSA) is 50.4 Å². The molecule has 4 nitrogen and oxygen atoms in total. The number of urea groups is 1. The molecule has 0 unspecified atom stereocenters. The van der Waals surface area contributed by atoms with Crippen molar-refractivity contribution in [3.8, 4) is 5.75 Å². The number of aryl methyl sites for hydroxylation is 1. The highest BCUT2D eigenvalue weighted by Gasteiger charge is 2.06. The molecule has 0 saturated heterocycles. The van der Waals surface area contributed by atoms with E-state index in [2.05, 4.69) is 24.5 Å². The molecule has 0 aliphatic carbocycles. The first-order valence-corrected chi connectivity index (χ1v) is 6.89. The van der Waals surface area contributed by atoms with Gasteiger partial charge in [0.25, 0.3) is 0 Å². The maximum atomic E-state index is 11.6. The Kier molecular flexibility index (Phi) is 6.79. The standard InChI is InChI=1S/C15H24N2O2/c1-4-13(5-2)17-15(18)16-9-10-19-14-8-6-7-12(3)11-14/h6-8,11,13H,4-5,9-10H2,1-3H3,(H2,16,17,18). The molecule has 1 aromatic carbocycles. The minimum absolute atomic E-state index is 0.124. The van der Waals surface area contributed by atoms with E-state index in [0.717, 1.165) is 24.2 Å². The summed E-state index contributed by atoms with van der Waals surface area (Å²) in [6.45, 7) is 7.12. The van der Waals surface area contributed by atoms with Crippen LogP contribution in [0, 0.1) is 6.92 Å². The van der Waals surface area contributed by atoms with Crippen LogP contribution in [0.4, 0.5) is 4.79 Å². The van der Waals surface area contributed by atoms with Crippen molar-refractivity contribution in [1.29, 1.82) is 0 Å². The van der Waals surface area contributed by atoms with Gasteiger partial charge in [0.1, 0.15) is 12.4 Å². The monoisotopic (exact) mass is 264 g/mol. The number of benzene rings is 1. The van der Waals surface area contributed by atoms with Crippen LogP contribution in [0.2, 0.25) is 0 Å². The van der Waals surface area contributed by atoms with E-state index in [1.807, 2.05) is 31.2 Å². The van der Waals surface area contributed by atoms with Gasteiger partial charge in [-0.2, -0.15) is 0 Å². The lowest BCUT2D eigenvalue weighted by atomic mass is 10.2. The van der Waals surface area contributed by atoms with Gasteiger partial charge in [0, 0.05) is 6.04 Å². The molecule has 0 heterocycles. The molecular weight excluding hydrogens is 240 g/mol. The van der Waals surface area contributed by atoms with E-state index in [1.165, 1.54) is 0 Å². The van der Waals surface area contributed by atoms with Gasteiger partial charge in [-0.05, 0) is 37.5 Å². The van der Waals surface area contributed by atoms with Crippen LogP contribution in [-0.4, -0.2) is 25.2 Å². The van der Waals surface area contributed by atoms with Crippen LogP contribution in [0.15, 0.2) is 24.3 Å². The summed E-state index contributed by atoms with van der Waals surface area (Å²) in [6, 6.07) is 7.99. The highest BCUT2D eigenvalue weighted by molar-refractivity contribution is 5.74. The lowest BCUT2D eigenvalue weighted by Crippen LogP contribution is -2.42. The van der Waals surface area contributed by atoms with Crippen molar-refractivity contribution in [2.24, 2.45) is 0 Å². The lowest BCUT2D eigenvalue weighted by Gasteiger charge is -2.15. The molecule has 0 spiro atoms. The first-order chi connectivity index (χ1) is 9.15. The minimum atomic E-state index is -0.124. The smallest absolute Gasteiger partial charge is 0.315 e. The fraction of sp³-hybridized carbons (Fsp3) is 0.533. The molecule has 2 N–H and O–H groups in total. The molecule has 0 aliphatic heterocycles. The predicted octanol–water partition coefficient (Wildman–Crippen LogP) is 2.86. The third kappa shape index (κ3) is 6.13. The Morgan fingerprint density at radius 3 is 2.68 bits per heavy atom. The molecule has 0 bridgehead atoms. The number of ether oxygens (including phenoxy) is 1. The Hall–Kier alpha value is -1.71. The third-order valence-electron chi connectivity index (χ3n) is 2.97. The van der Waals surface area contributed by atoms with Crippen molar-refractivity contribution < 1.29 is 9.53 Å². The first kappa shape index (κ1) is 15.3. The van der Waals surface area contributed by atoms with Crippen LogP contribution in [0.5, 0.6) is 5.75 Å². The van der Waals surface area contributed by atoms with Gasteiger partial charge in [0.05, 0.1) is 6.54 Å². The highest BCUT2D eigenvalue weighted by atomic mass is 16.5. The van der Waals surface area contributed by atoms with Gasteiger partial charge in [-0.1, -0.05) is 26.0 Å². The number of rotatable bonds is 7. The lowest BCUT2D eigenvalue weighted by molar-refractivity contribution is 0.232. The normalized spacial score (nSPS) is 10.3. The van der Waals surface area contributed by atoms with Gasteiger partial charge < -0.3 is 15.4 Å². The van der Waals surface area contributed by atoms with E-state index < -0.39 is 0 Å². The molecule has 0 radical (unpaired) electrons. The van der Waals surface area contributed by atoms with Gasteiger partial charge >= 0.3 is 6.03 Å². The summed E-state index contributed by atoms with van der Waals surface area (Å²) in [6.07, 6.45) is 1.90. The summed E-state index contributed by atoms with van der Waals surface area (Å²) in [5.74, 6) is 0.835. The molecule has 1 rings (SSSR count). The van der Waals surface area contributed by atoms with E-state index >= 15 is 0 Å². The molecule has 106 valence electrons. The van der Waals surface area contributed by atoms with Gasteiger partial charge in [0.2, 0.25) is 0 Å². The average Bonchev–Trinajstić information content (AvgIpc) is 2.41. The Balaban J connectivity index is 2.18. The second-order valence-electron chi connectivity index (χ2n) is 4.58. The van der Waals surface area contributed by atoms with Crippen LogP contribution in [0.3, 0.4) is 0 Å². The summed E-state index contributed by atoms with van der Waals surface area (Å²) in [5.41, 5.74) is 1.16. The number of nitrogens with one attached hydrogen (secondary N) is 2. The van der Waals surface area contributed by atoms with E-state index in [1.54, 1.807) is 0 Å². The maximum absolute atomic E-state index is 11.6. The van der Waals surface area contributed by atoms with Gasteiger partial charge in [0.15, 0.2) is 0 Å². The van der Waals surface area contributed by atoms with Crippen LogP contribution < -0.4 is 15.4 Å². The van der Waals surface area contributed by atoms with E-state index in [4.69, 9.17) is 4.74 Å². The molecule has 1 aromatic rings. The van der Waals surface area contributed by atoms with E-state index in [9.17, 15) is 4.79 Å². The second-order valence-corrected chi connectivity index (χ2v) is 4.58. The van der Waals surface area contributed by atoms with Crippen molar-refractivity contribution >= 4 is 6.03 Å². The number of carbonyl (C=O) groups is 1. The molecule has 0 atom stereocenters. The summed E-state index contributed by atoms with van der Waals surface area (Å²) < 4.78 is 5.55. The molecular formula is C15H24N2O2. The van der Waals surface area contributed by atoms with Gasteiger partial charge in [-0.15, -0.1) is 0 Å². The summed E-state index contributed by atoms with van der Waals surface area (Å²) >= 11 is 0. The number of amides is 2. The summed E-state index contributed by atoms with van der Waals surface area (Å²) in [5, 5.41) is 5.71. The van der Waals surface area contributed by atoms with Gasteiger partial charge in [-0.3, -0.25) is 0 Å². The number of carbonyl (C=O) groups excluding carboxylic acids is 1. The highest BCUT2D eigenvalue weighted by Crippen LogP contribution is 2.11. The Morgan fingerprint density at radius 1 is 1.32 bits per heavy atom. The van der Waals surface area contributed by atoms with Crippen molar-refractivity contribution in [2.75, 3.05) is 13.2 Å². The zero-order valence-electron chi connectivity index (χ0n) is 12.0. The zero-order chi connectivity index (χ0) is 14.1. The Morgan fingerprint density at radius 2 is 2.05 bits per heavy atom. The Bertz CT molecular complexity index is 389. The Labute approximate surface area is 115 Å². The van der Waals surface area contributed by atoms with E-state index in [0.29, 0.717) is 13.2 Å². The van der Waals surface area contributed by atoms with Crippen LogP contribution in [-0.2, 0) is 0 Å². The first-order valence-electron chi connectivity index (χ1n) is 6.89. The fourth-order valence-electron chi connectivity index (χ4n) is 1.77. The van der Waals surface area contributed by atoms with Crippen molar-refractivity contribution in [2.45, 2.75) is 39.7 Å². The molecule has 0 fully saturated rings. The molecule has 0 aliphatic rings. The number of hydrogen-bond donors (Lipinski definition) is 2. The van der Waals surface area contributed by atoms with Crippen molar-refractivity contribution in [3.05, 3.63) is 29.8 Å². The quantitative estimate of drug-likeness (QED) is 0.744. The second kappa shape index (κ2) is 8.40. The average molecular weight is 264 g/mol. The minimum Gasteiger partial charge on any atom is -0.492 e. The molecule has 4 heteroatoms. The SMILES string of the molecule is CCC(CC)NC(=O)NCCOc1cccc(C)c1. The van der Waals surface area contributed by atoms with Crippen LogP contribution in [0.1, 0.15) is 32.3 Å². The number of hydrogen-bond acceptors (Lipinski definition) is 2. The third-order valence-corrected chi connectivity index (χ3v) is 2.97. The molecule has 0 aromatic heterocycles. The maximum Gasteiger partial charge on any atom is 0.315 e. The molecule has 2 amide bonds. The molecule has 19 heavy (non-hydrogen) atoms. The fourth-order valence-corrected chi connectivity index (χ4v) is 1.77. The summed E-state index contributed by atoms with van der Waals surface area (Å²) in [7, 11) is 0.